The maximum absolute atomic E-state index is 9.96. The number of hydrogen-bond acceptors (Lipinski definition) is 3. The Hall–Kier alpha value is -1.22. The van der Waals surface area contributed by atoms with Crippen molar-refractivity contribution in [3.63, 3.8) is 0 Å². The fraction of sp³-hybridized carbons (Fsp3) is 0.647. The van der Waals surface area contributed by atoms with E-state index in [4.69, 9.17) is 4.74 Å². The highest BCUT2D eigenvalue weighted by Crippen LogP contribution is 2.39. The van der Waals surface area contributed by atoms with E-state index in [1.54, 1.807) is 7.11 Å². The largest absolute Gasteiger partial charge is 0.495 e. The molecule has 1 aromatic rings. The minimum Gasteiger partial charge on any atom is -0.495 e. The Balaban J connectivity index is 2.18. The van der Waals surface area contributed by atoms with Crippen LogP contribution in [0.1, 0.15) is 39.5 Å². The first kappa shape index (κ1) is 15.2. The lowest BCUT2D eigenvalue weighted by Crippen LogP contribution is -2.47. The van der Waals surface area contributed by atoms with Gasteiger partial charge in [-0.2, -0.15) is 0 Å². The van der Waals surface area contributed by atoms with E-state index in [9.17, 15) is 5.11 Å². The third kappa shape index (κ3) is 3.26. The van der Waals surface area contributed by atoms with Crippen LogP contribution in [0.2, 0.25) is 0 Å². The smallest absolute Gasteiger partial charge is 0.141 e. The van der Waals surface area contributed by atoms with E-state index in [-0.39, 0.29) is 12.1 Å². The summed E-state index contributed by atoms with van der Waals surface area (Å²) in [6.45, 7) is 4.73. The van der Waals surface area contributed by atoms with Gasteiger partial charge in [0, 0.05) is 0 Å². The van der Waals surface area contributed by atoms with Crippen molar-refractivity contribution >= 4 is 5.69 Å². The molecular formula is C17H27NO2. The monoisotopic (exact) mass is 277 g/mol. The number of rotatable bonds is 5. The number of para-hydroxylation sites is 2. The number of aliphatic hydroxyl groups is 1. The second kappa shape index (κ2) is 6.49. The van der Waals surface area contributed by atoms with Crippen LogP contribution in [0.25, 0.3) is 0 Å². The molecule has 0 spiro atoms. The van der Waals surface area contributed by atoms with Crippen molar-refractivity contribution in [3.05, 3.63) is 24.3 Å². The molecule has 0 aliphatic heterocycles. The van der Waals surface area contributed by atoms with Gasteiger partial charge in [-0.1, -0.05) is 38.8 Å². The first-order chi connectivity index (χ1) is 9.60. The van der Waals surface area contributed by atoms with Crippen LogP contribution >= 0.6 is 0 Å². The molecule has 2 unspecified atom stereocenters. The molecule has 0 bridgehead atoms. The van der Waals surface area contributed by atoms with Gasteiger partial charge in [0.05, 0.1) is 24.9 Å². The van der Waals surface area contributed by atoms with Gasteiger partial charge in [0.15, 0.2) is 0 Å². The molecule has 0 aromatic heterocycles. The van der Waals surface area contributed by atoms with Gasteiger partial charge in [-0.25, -0.2) is 0 Å². The molecule has 2 atom stereocenters. The van der Waals surface area contributed by atoms with Crippen LogP contribution in [0.5, 0.6) is 5.75 Å². The third-order valence-electron chi connectivity index (χ3n) is 4.64. The van der Waals surface area contributed by atoms with E-state index in [2.05, 4.69) is 19.2 Å². The van der Waals surface area contributed by atoms with Crippen LogP contribution < -0.4 is 10.1 Å². The second-order valence-corrected chi connectivity index (χ2v) is 6.36. The molecule has 0 heterocycles. The number of benzene rings is 1. The molecule has 1 aliphatic carbocycles. The molecule has 112 valence electrons. The summed E-state index contributed by atoms with van der Waals surface area (Å²) in [6, 6.07) is 7.94. The van der Waals surface area contributed by atoms with Crippen molar-refractivity contribution in [2.45, 2.75) is 45.1 Å². The average molecular weight is 277 g/mol. The molecule has 1 aromatic carbocycles. The predicted molar refractivity (Wildman–Crippen MR) is 83.2 cm³/mol. The van der Waals surface area contributed by atoms with Gasteiger partial charge < -0.3 is 15.2 Å². The van der Waals surface area contributed by atoms with Crippen LogP contribution in [0.4, 0.5) is 5.69 Å². The van der Waals surface area contributed by atoms with Gasteiger partial charge in [0.2, 0.25) is 0 Å². The topological polar surface area (TPSA) is 41.5 Å². The normalized spacial score (nSPS) is 26.6. The van der Waals surface area contributed by atoms with E-state index in [1.807, 2.05) is 24.3 Å². The Morgan fingerprint density at radius 3 is 2.80 bits per heavy atom. The molecule has 0 amide bonds. The number of ether oxygens (including phenoxy) is 1. The fourth-order valence-corrected chi connectivity index (χ4v) is 3.31. The van der Waals surface area contributed by atoms with Gasteiger partial charge in [-0.05, 0) is 36.8 Å². The number of nitrogens with one attached hydrogen (secondary N) is 1. The molecule has 0 saturated heterocycles. The summed E-state index contributed by atoms with van der Waals surface area (Å²) in [7, 11) is 1.68. The quantitative estimate of drug-likeness (QED) is 0.862. The van der Waals surface area contributed by atoms with Crippen molar-refractivity contribution in [1.29, 1.82) is 0 Å². The van der Waals surface area contributed by atoms with Gasteiger partial charge in [-0.3, -0.25) is 0 Å². The highest BCUT2D eigenvalue weighted by molar-refractivity contribution is 5.57. The van der Waals surface area contributed by atoms with E-state index >= 15 is 0 Å². The highest BCUT2D eigenvalue weighted by atomic mass is 16.5. The van der Waals surface area contributed by atoms with Crippen molar-refractivity contribution < 1.29 is 9.84 Å². The highest BCUT2D eigenvalue weighted by Gasteiger charge is 2.37. The minimum atomic E-state index is -0.207. The number of anilines is 1. The number of hydrogen-bond donors (Lipinski definition) is 2. The van der Waals surface area contributed by atoms with Gasteiger partial charge in [0.25, 0.3) is 0 Å². The van der Waals surface area contributed by atoms with Gasteiger partial charge in [-0.15, -0.1) is 0 Å². The molecule has 2 N–H and O–H groups in total. The maximum atomic E-state index is 9.96. The summed E-state index contributed by atoms with van der Waals surface area (Å²) in [5, 5.41) is 13.5. The Bertz CT molecular complexity index is 433. The minimum absolute atomic E-state index is 0.175. The van der Waals surface area contributed by atoms with Crippen LogP contribution in [0, 0.1) is 11.8 Å². The molecule has 20 heavy (non-hydrogen) atoms. The Morgan fingerprint density at radius 1 is 1.40 bits per heavy atom. The molecule has 2 rings (SSSR count). The van der Waals surface area contributed by atoms with E-state index in [1.165, 1.54) is 12.8 Å². The summed E-state index contributed by atoms with van der Waals surface area (Å²) in [5.74, 6) is 2.19. The van der Waals surface area contributed by atoms with Crippen molar-refractivity contribution in [2.24, 2.45) is 11.8 Å². The van der Waals surface area contributed by atoms with Gasteiger partial charge >= 0.3 is 0 Å². The molecule has 1 aliphatic rings. The maximum Gasteiger partial charge on any atom is 0.141 e. The fourth-order valence-electron chi connectivity index (χ4n) is 3.31. The third-order valence-corrected chi connectivity index (χ3v) is 4.64. The summed E-state index contributed by atoms with van der Waals surface area (Å²) in [6.07, 6.45) is 4.49. The summed E-state index contributed by atoms with van der Waals surface area (Å²) in [5.41, 5.74) is 0.774. The van der Waals surface area contributed by atoms with E-state index in [0.717, 1.165) is 24.3 Å². The SMILES string of the molecule is COc1ccccc1NC1(CO)CCCC(C(C)C)C1. The molecular weight excluding hydrogens is 250 g/mol. The standard InChI is InChI=1S/C17H27NO2/c1-13(2)14-7-6-10-17(11-14,12-19)18-15-8-4-5-9-16(15)20-3/h4-5,8-9,13-14,18-19H,6-7,10-12H2,1-3H3. The van der Waals surface area contributed by atoms with Crippen molar-refractivity contribution in [1.82, 2.24) is 0 Å². The first-order valence-corrected chi connectivity index (χ1v) is 7.62. The zero-order valence-electron chi connectivity index (χ0n) is 12.9. The van der Waals surface area contributed by atoms with Crippen LogP contribution in [0.15, 0.2) is 24.3 Å². The van der Waals surface area contributed by atoms with Crippen LogP contribution in [0.3, 0.4) is 0 Å². The summed E-state index contributed by atoms with van der Waals surface area (Å²) < 4.78 is 5.41. The van der Waals surface area contributed by atoms with Crippen LogP contribution in [-0.2, 0) is 0 Å². The first-order valence-electron chi connectivity index (χ1n) is 7.62. The lowest BCUT2D eigenvalue weighted by Gasteiger charge is -2.42. The Morgan fingerprint density at radius 2 is 2.15 bits per heavy atom. The van der Waals surface area contributed by atoms with E-state index < -0.39 is 0 Å². The van der Waals surface area contributed by atoms with Crippen molar-refractivity contribution in [3.8, 4) is 5.75 Å². The van der Waals surface area contributed by atoms with Crippen molar-refractivity contribution in [2.75, 3.05) is 19.0 Å². The second-order valence-electron chi connectivity index (χ2n) is 6.36. The summed E-state index contributed by atoms with van der Waals surface area (Å²) >= 11 is 0. The zero-order valence-corrected chi connectivity index (χ0v) is 12.9. The van der Waals surface area contributed by atoms with E-state index in [0.29, 0.717) is 11.8 Å². The Labute approximate surface area is 122 Å². The molecule has 3 nitrogen and oxygen atoms in total. The summed E-state index contributed by atoms with van der Waals surface area (Å²) in [4.78, 5) is 0. The molecule has 1 fully saturated rings. The molecule has 0 radical (unpaired) electrons. The predicted octanol–water partition coefficient (Wildman–Crippen LogP) is 3.68. The number of aliphatic hydroxyl groups excluding tert-OH is 1. The van der Waals surface area contributed by atoms with Crippen LogP contribution in [-0.4, -0.2) is 24.4 Å². The average Bonchev–Trinajstić information content (AvgIpc) is 2.48. The molecule has 1 saturated carbocycles. The van der Waals surface area contributed by atoms with Gasteiger partial charge in [0.1, 0.15) is 5.75 Å². The lowest BCUT2D eigenvalue weighted by atomic mass is 9.72. The molecule has 3 heteroatoms. The lowest BCUT2D eigenvalue weighted by molar-refractivity contribution is 0.126. The Kier molecular flexibility index (Phi) is 4.92. The number of methoxy groups -OCH3 is 1. The zero-order chi connectivity index (χ0) is 14.6.